The fourth-order valence-corrected chi connectivity index (χ4v) is 2.47. The van der Waals surface area contributed by atoms with E-state index in [1.807, 2.05) is 0 Å². The standard InChI is InChI=1S/C12H10F2O4S/c1-8(18-19(2,15)16)12(5-6-17-12)10-4-3-9(13)7-11(10)14/h3-4,7-8H,1-2H3/t8-,12?/m1/s1. The van der Waals surface area contributed by atoms with E-state index >= 15 is 0 Å². The smallest absolute Gasteiger partial charge is 0.264 e. The van der Waals surface area contributed by atoms with Crippen LogP contribution in [0.4, 0.5) is 8.78 Å². The monoisotopic (exact) mass is 288 g/mol. The van der Waals surface area contributed by atoms with Crippen LogP contribution < -0.4 is 0 Å². The van der Waals surface area contributed by atoms with Crippen LogP contribution in [-0.4, -0.2) is 20.8 Å². The van der Waals surface area contributed by atoms with Gasteiger partial charge in [-0.2, -0.15) is 8.42 Å². The number of ether oxygens (including phenoxy) is 1. The van der Waals surface area contributed by atoms with Gasteiger partial charge in [-0.1, -0.05) is 0 Å². The van der Waals surface area contributed by atoms with Crippen molar-refractivity contribution in [3.8, 4) is 12.0 Å². The highest BCUT2D eigenvalue weighted by molar-refractivity contribution is 7.86. The summed E-state index contributed by atoms with van der Waals surface area (Å²) in [6.45, 7) is 1.39. The Hall–Kier alpha value is -1.65. The second-order valence-corrected chi connectivity index (χ2v) is 5.73. The molecule has 0 amide bonds. The summed E-state index contributed by atoms with van der Waals surface area (Å²) in [6, 6.07) is 2.87. The number of rotatable bonds is 4. The molecule has 0 radical (unpaired) electrons. The van der Waals surface area contributed by atoms with E-state index in [2.05, 4.69) is 12.0 Å². The van der Waals surface area contributed by atoms with Crippen LogP contribution in [-0.2, 0) is 24.6 Å². The van der Waals surface area contributed by atoms with Crippen LogP contribution in [0, 0.1) is 23.7 Å². The highest BCUT2D eigenvalue weighted by Gasteiger charge is 2.47. The lowest BCUT2D eigenvalue weighted by Crippen LogP contribution is -2.45. The van der Waals surface area contributed by atoms with Gasteiger partial charge in [0.1, 0.15) is 23.8 Å². The highest BCUT2D eigenvalue weighted by Crippen LogP contribution is 2.37. The lowest BCUT2D eigenvalue weighted by Gasteiger charge is -2.35. The van der Waals surface area contributed by atoms with Crippen LogP contribution >= 0.6 is 0 Å². The molecule has 0 bridgehead atoms. The Bertz CT molecular complexity index is 675. The van der Waals surface area contributed by atoms with Gasteiger partial charge in [-0.05, 0) is 25.0 Å². The molecule has 0 saturated carbocycles. The van der Waals surface area contributed by atoms with Gasteiger partial charge in [0.2, 0.25) is 5.60 Å². The van der Waals surface area contributed by atoms with Crippen molar-refractivity contribution in [2.45, 2.75) is 18.6 Å². The SMILES string of the molecule is C[C@@H](OS(C)(=O)=O)C1(c2ccc(F)cc2F)C#CO1. The normalized spacial score (nSPS) is 22.7. The first-order valence-electron chi connectivity index (χ1n) is 5.28. The molecular weight excluding hydrogens is 278 g/mol. The molecule has 0 saturated heterocycles. The number of halogens is 2. The third-order valence-corrected chi connectivity index (χ3v) is 3.31. The van der Waals surface area contributed by atoms with Gasteiger partial charge in [0.25, 0.3) is 10.1 Å². The predicted molar refractivity (Wildman–Crippen MR) is 62.3 cm³/mol. The van der Waals surface area contributed by atoms with Crippen LogP contribution in [0.25, 0.3) is 0 Å². The third-order valence-electron chi connectivity index (χ3n) is 2.67. The summed E-state index contributed by atoms with van der Waals surface area (Å²) in [5, 5.41) is 0. The van der Waals surface area contributed by atoms with Gasteiger partial charge >= 0.3 is 0 Å². The molecule has 19 heavy (non-hydrogen) atoms. The molecule has 4 nitrogen and oxygen atoms in total. The Balaban J connectivity index is 2.42. The molecule has 0 aliphatic carbocycles. The summed E-state index contributed by atoms with van der Waals surface area (Å²) >= 11 is 0. The Morgan fingerprint density at radius 2 is 2.05 bits per heavy atom. The molecule has 0 spiro atoms. The first-order valence-corrected chi connectivity index (χ1v) is 7.10. The minimum absolute atomic E-state index is 0.0659. The first-order chi connectivity index (χ1) is 8.74. The van der Waals surface area contributed by atoms with Crippen molar-refractivity contribution in [1.82, 2.24) is 0 Å². The molecule has 0 fully saturated rings. The molecule has 1 aliphatic heterocycles. The highest BCUT2D eigenvalue weighted by atomic mass is 32.2. The molecule has 0 N–H and O–H groups in total. The average molecular weight is 288 g/mol. The molecule has 1 heterocycles. The van der Waals surface area contributed by atoms with Gasteiger partial charge in [-0.25, -0.2) is 8.78 Å². The minimum Gasteiger partial charge on any atom is -0.418 e. The zero-order valence-electron chi connectivity index (χ0n) is 10.1. The lowest BCUT2D eigenvalue weighted by atomic mass is 9.87. The summed E-state index contributed by atoms with van der Waals surface area (Å²) < 4.78 is 58.7. The maximum Gasteiger partial charge on any atom is 0.264 e. The van der Waals surface area contributed by atoms with Gasteiger partial charge in [-0.3, -0.25) is 4.18 Å². The number of benzene rings is 1. The quantitative estimate of drug-likeness (QED) is 0.622. The van der Waals surface area contributed by atoms with Gasteiger partial charge in [0, 0.05) is 11.6 Å². The second kappa shape index (κ2) is 4.47. The molecule has 7 heteroatoms. The van der Waals surface area contributed by atoms with E-state index in [1.54, 1.807) is 0 Å². The average Bonchev–Trinajstić information content (AvgIpc) is 2.16. The molecule has 1 aliphatic rings. The maximum atomic E-state index is 13.8. The Morgan fingerprint density at radius 1 is 1.42 bits per heavy atom. The van der Waals surface area contributed by atoms with E-state index in [0.717, 1.165) is 18.4 Å². The Labute approximate surface area is 109 Å². The minimum atomic E-state index is -3.76. The largest absolute Gasteiger partial charge is 0.418 e. The van der Waals surface area contributed by atoms with Crippen molar-refractivity contribution in [1.29, 1.82) is 0 Å². The molecule has 1 aromatic carbocycles. The fourth-order valence-electron chi connectivity index (χ4n) is 1.81. The van der Waals surface area contributed by atoms with Crippen molar-refractivity contribution in [3.63, 3.8) is 0 Å². The van der Waals surface area contributed by atoms with Gasteiger partial charge in [0.15, 0.2) is 0 Å². The lowest BCUT2D eigenvalue weighted by molar-refractivity contribution is -0.0325. The number of hydrogen-bond donors (Lipinski definition) is 0. The molecule has 2 rings (SSSR count). The fraction of sp³-hybridized carbons (Fsp3) is 0.333. The summed E-state index contributed by atoms with van der Waals surface area (Å²) in [7, 11) is -3.76. The van der Waals surface area contributed by atoms with Crippen molar-refractivity contribution in [2.24, 2.45) is 0 Å². The van der Waals surface area contributed by atoms with E-state index in [0.29, 0.717) is 6.07 Å². The van der Waals surface area contributed by atoms with Crippen LogP contribution in [0.5, 0.6) is 0 Å². The van der Waals surface area contributed by atoms with E-state index < -0.39 is 33.5 Å². The number of hydrogen-bond acceptors (Lipinski definition) is 4. The van der Waals surface area contributed by atoms with Crippen molar-refractivity contribution in [3.05, 3.63) is 35.4 Å². The van der Waals surface area contributed by atoms with Gasteiger partial charge in [-0.15, -0.1) is 0 Å². The summed E-state index contributed by atoms with van der Waals surface area (Å²) in [6.07, 6.45) is 2.02. The molecule has 0 aromatic heterocycles. The Kier molecular flexibility index (Phi) is 3.24. The topological polar surface area (TPSA) is 52.6 Å². The summed E-state index contributed by atoms with van der Waals surface area (Å²) in [4.78, 5) is 0. The second-order valence-electron chi connectivity index (χ2n) is 4.13. The summed E-state index contributed by atoms with van der Waals surface area (Å²) in [5.74, 6) is 0.907. The molecule has 2 atom stereocenters. The molecular formula is C12H10F2O4S. The summed E-state index contributed by atoms with van der Waals surface area (Å²) in [5.41, 5.74) is -1.61. The third kappa shape index (κ3) is 2.55. The first kappa shape index (κ1) is 13.8. The van der Waals surface area contributed by atoms with Crippen LogP contribution in [0.1, 0.15) is 12.5 Å². The molecule has 1 aromatic rings. The maximum absolute atomic E-state index is 13.8. The van der Waals surface area contributed by atoms with E-state index in [9.17, 15) is 17.2 Å². The zero-order chi connectivity index (χ0) is 14.3. The van der Waals surface area contributed by atoms with Crippen molar-refractivity contribution < 1.29 is 26.1 Å². The van der Waals surface area contributed by atoms with Crippen LogP contribution in [0.15, 0.2) is 18.2 Å². The zero-order valence-corrected chi connectivity index (χ0v) is 10.9. The van der Waals surface area contributed by atoms with Crippen LogP contribution in [0.3, 0.4) is 0 Å². The van der Waals surface area contributed by atoms with E-state index in [1.165, 1.54) is 6.92 Å². The predicted octanol–water partition coefficient (Wildman–Crippen LogP) is 1.52. The molecule has 1 unspecified atom stereocenters. The van der Waals surface area contributed by atoms with E-state index in [-0.39, 0.29) is 5.56 Å². The van der Waals surface area contributed by atoms with Crippen LogP contribution in [0.2, 0.25) is 0 Å². The van der Waals surface area contributed by atoms with E-state index in [4.69, 9.17) is 8.92 Å². The Morgan fingerprint density at radius 3 is 2.47 bits per heavy atom. The van der Waals surface area contributed by atoms with Gasteiger partial charge in [0.05, 0.1) is 6.26 Å². The van der Waals surface area contributed by atoms with Crippen molar-refractivity contribution in [2.75, 3.05) is 6.26 Å². The van der Waals surface area contributed by atoms with Crippen molar-refractivity contribution >= 4 is 10.1 Å². The van der Waals surface area contributed by atoms with Gasteiger partial charge < -0.3 is 4.74 Å². The molecule has 102 valence electrons.